The molecule has 196 valence electrons. The second-order valence-electron chi connectivity index (χ2n) is 9.95. The Kier molecular flexibility index (Phi) is 11.4. The number of allylic oxidation sites excluding steroid dienone is 2. The van der Waals surface area contributed by atoms with Gasteiger partial charge in [0.15, 0.2) is 5.78 Å². The first kappa shape index (κ1) is 29.4. The Bertz CT molecular complexity index is 980. The fraction of sp³-hybridized carbons (Fsp3) is 0.533. The summed E-state index contributed by atoms with van der Waals surface area (Å²) in [7, 11) is 1.62. The second-order valence-corrected chi connectivity index (χ2v) is 9.95. The lowest BCUT2D eigenvalue weighted by Crippen LogP contribution is -2.38. The molecule has 3 N–H and O–H groups in total. The third-order valence-corrected chi connectivity index (χ3v) is 7.51. The van der Waals surface area contributed by atoms with Gasteiger partial charge in [-0.15, -0.1) is 0 Å². The molecule has 1 amide bonds. The van der Waals surface area contributed by atoms with Crippen molar-refractivity contribution in [3.05, 3.63) is 60.2 Å². The summed E-state index contributed by atoms with van der Waals surface area (Å²) in [5, 5.41) is 8.84. The Morgan fingerprint density at radius 2 is 1.89 bits per heavy atom. The average Bonchev–Trinajstić information content (AvgIpc) is 2.85. The van der Waals surface area contributed by atoms with Crippen LogP contribution in [0.15, 0.2) is 54.1 Å². The normalized spacial score (nSPS) is 22.6. The summed E-state index contributed by atoms with van der Waals surface area (Å²) >= 11 is 0. The number of aliphatic imine (C=N–C) groups is 1. The van der Waals surface area contributed by atoms with Gasteiger partial charge >= 0.3 is 0 Å². The number of nitrogens with one attached hydrogen (secondary N) is 1. The molecule has 36 heavy (non-hydrogen) atoms. The maximum Gasteiger partial charge on any atom is 0.232 e. The number of primary amides is 1. The van der Waals surface area contributed by atoms with E-state index in [4.69, 9.17) is 15.9 Å². The van der Waals surface area contributed by atoms with Crippen molar-refractivity contribution < 1.29 is 14.3 Å². The fourth-order valence-electron chi connectivity index (χ4n) is 5.31. The van der Waals surface area contributed by atoms with E-state index in [-0.39, 0.29) is 23.5 Å². The number of carbonyl (C=O) groups excluding carboxylic acids is 2. The highest BCUT2D eigenvalue weighted by atomic mass is 16.5. The molecule has 1 fully saturated rings. The van der Waals surface area contributed by atoms with E-state index in [0.29, 0.717) is 36.1 Å². The van der Waals surface area contributed by atoms with Crippen LogP contribution in [0.2, 0.25) is 0 Å². The van der Waals surface area contributed by atoms with Gasteiger partial charge < -0.3 is 15.9 Å². The van der Waals surface area contributed by atoms with Gasteiger partial charge in [-0.3, -0.25) is 14.6 Å². The van der Waals surface area contributed by atoms with Crippen molar-refractivity contribution in [2.24, 2.45) is 34.4 Å². The predicted octanol–water partition coefficient (Wildman–Crippen LogP) is 5.86. The molecule has 0 aromatic heterocycles. The first-order valence-corrected chi connectivity index (χ1v) is 13.0. The highest BCUT2D eigenvalue weighted by Gasteiger charge is 2.31. The Morgan fingerprint density at radius 1 is 1.22 bits per heavy atom. The molecular formula is C30H43N3O3. The quantitative estimate of drug-likeness (QED) is 0.281. The van der Waals surface area contributed by atoms with Crippen molar-refractivity contribution in [1.82, 2.24) is 0 Å². The molecule has 0 aliphatic heterocycles. The van der Waals surface area contributed by atoms with E-state index in [1.54, 1.807) is 7.05 Å². The van der Waals surface area contributed by atoms with Crippen LogP contribution in [-0.4, -0.2) is 36.8 Å². The summed E-state index contributed by atoms with van der Waals surface area (Å²) in [4.78, 5) is 29.1. The number of hydrogen-bond donors (Lipinski definition) is 2. The van der Waals surface area contributed by atoms with E-state index in [2.05, 4.69) is 25.1 Å². The summed E-state index contributed by atoms with van der Waals surface area (Å²) in [6.07, 6.45) is 6.74. The third kappa shape index (κ3) is 7.57. The zero-order valence-corrected chi connectivity index (χ0v) is 22.4. The van der Waals surface area contributed by atoms with Gasteiger partial charge in [-0.25, -0.2) is 0 Å². The zero-order valence-electron chi connectivity index (χ0n) is 22.4. The highest BCUT2D eigenvalue weighted by Crippen LogP contribution is 2.34. The SMILES string of the molecule is C=CC(=O)C1CCCC(CC(=C)C(=N)C(C(N)=O)C(=NC)c2ccc(C(C)OCC)cc2)CCC1C. The minimum absolute atomic E-state index is 0.0345. The van der Waals surface area contributed by atoms with Crippen LogP contribution < -0.4 is 5.73 Å². The molecule has 1 aromatic rings. The van der Waals surface area contributed by atoms with Gasteiger partial charge in [0.05, 0.1) is 17.5 Å². The number of benzene rings is 1. The maximum atomic E-state index is 12.5. The number of ketones is 1. The van der Waals surface area contributed by atoms with Crippen LogP contribution in [0.4, 0.5) is 0 Å². The molecule has 6 heteroatoms. The molecule has 1 aromatic carbocycles. The molecule has 1 aliphatic rings. The Morgan fingerprint density at radius 3 is 2.44 bits per heavy atom. The summed E-state index contributed by atoms with van der Waals surface area (Å²) in [5.74, 6) is -0.712. The molecule has 0 radical (unpaired) electrons. The van der Waals surface area contributed by atoms with Crippen molar-refractivity contribution >= 4 is 23.1 Å². The number of nitrogens with zero attached hydrogens (tertiary/aromatic N) is 1. The van der Waals surface area contributed by atoms with Gasteiger partial charge in [0, 0.05) is 19.6 Å². The van der Waals surface area contributed by atoms with Crippen LogP contribution in [0, 0.1) is 29.1 Å². The van der Waals surface area contributed by atoms with Gasteiger partial charge in [0.2, 0.25) is 5.91 Å². The van der Waals surface area contributed by atoms with E-state index < -0.39 is 11.8 Å². The first-order valence-electron chi connectivity index (χ1n) is 13.0. The number of amides is 1. The average molecular weight is 494 g/mol. The Hall–Kier alpha value is -2.86. The van der Waals surface area contributed by atoms with Gasteiger partial charge in [-0.2, -0.15) is 0 Å². The van der Waals surface area contributed by atoms with E-state index >= 15 is 0 Å². The minimum atomic E-state index is -0.959. The summed E-state index contributed by atoms with van der Waals surface area (Å²) < 4.78 is 5.66. The van der Waals surface area contributed by atoms with Gasteiger partial charge in [0.1, 0.15) is 5.92 Å². The predicted molar refractivity (Wildman–Crippen MR) is 148 cm³/mol. The summed E-state index contributed by atoms with van der Waals surface area (Å²) in [6, 6.07) is 7.71. The Labute approximate surface area is 216 Å². The molecule has 5 atom stereocenters. The van der Waals surface area contributed by atoms with E-state index in [1.165, 1.54) is 6.08 Å². The molecule has 2 rings (SSSR count). The van der Waals surface area contributed by atoms with Crippen LogP contribution in [0.5, 0.6) is 0 Å². The lowest BCUT2D eigenvalue weighted by atomic mass is 9.75. The molecule has 0 spiro atoms. The van der Waals surface area contributed by atoms with Crippen molar-refractivity contribution in [2.75, 3.05) is 13.7 Å². The van der Waals surface area contributed by atoms with Crippen LogP contribution in [0.25, 0.3) is 0 Å². The number of hydrogen-bond acceptors (Lipinski definition) is 5. The minimum Gasteiger partial charge on any atom is -0.374 e. The second kappa shape index (κ2) is 14.0. The third-order valence-electron chi connectivity index (χ3n) is 7.51. The van der Waals surface area contributed by atoms with Crippen molar-refractivity contribution in [3.8, 4) is 0 Å². The number of rotatable bonds is 12. The van der Waals surface area contributed by atoms with Gasteiger partial charge in [-0.05, 0) is 74.1 Å². The van der Waals surface area contributed by atoms with Crippen LogP contribution in [0.1, 0.15) is 76.5 Å². The van der Waals surface area contributed by atoms with E-state index in [9.17, 15) is 9.59 Å². The number of nitrogens with two attached hydrogens (primary N) is 1. The largest absolute Gasteiger partial charge is 0.374 e. The molecule has 1 aliphatic carbocycles. The van der Waals surface area contributed by atoms with Crippen LogP contribution in [-0.2, 0) is 14.3 Å². The summed E-state index contributed by atoms with van der Waals surface area (Å²) in [6.45, 7) is 14.5. The molecule has 6 nitrogen and oxygen atoms in total. The maximum absolute atomic E-state index is 12.5. The van der Waals surface area contributed by atoms with Crippen molar-refractivity contribution in [2.45, 2.75) is 65.4 Å². The van der Waals surface area contributed by atoms with Crippen molar-refractivity contribution in [3.63, 3.8) is 0 Å². The highest BCUT2D eigenvalue weighted by molar-refractivity contribution is 6.29. The standard InChI is InChI=1S/C30H43N3O3/c1-7-26(34)25-11-9-10-22(13-12-19(25)3)18-20(4)28(31)27(30(32)35)29(33-6)24-16-14-23(15-17-24)21(5)36-8-2/h7,14-17,19,21-22,25,27,31H,1,4,8-13,18H2,2-3,5-6H3,(H2,32,35). The van der Waals surface area contributed by atoms with Crippen molar-refractivity contribution in [1.29, 1.82) is 5.41 Å². The zero-order chi connectivity index (χ0) is 26.8. The lowest BCUT2D eigenvalue weighted by molar-refractivity contribution is -0.120. The van der Waals surface area contributed by atoms with Crippen LogP contribution >= 0.6 is 0 Å². The Balaban J connectivity index is 2.13. The molecule has 0 bridgehead atoms. The smallest absolute Gasteiger partial charge is 0.232 e. The lowest BCUT2D eigenvalue weighted by Gasteiger charge is -2.29. The molecule has 0 heterocycles. The van der Waals surface area contributed by atoms with Gasteiger partial charge in [-0.1, -0.05) is 57.2 Å². The molecular weight excluding hydrogens is 450 g/mol. The van der Waals surface area contributed by atoms with Crippen LogP contribution in [0.3, 0.4) is 0 Å². The molecule has 1 saturated carbocycles. The van der Waals surface area contributed by atoms with E-state index in [1.807, 2.05) is 38.1 Å². The summed E-state index contributed by atoms with van der Waals surface area (Å²) in [5.41, 5.74) is 8.81. The number of ether oxygens (including phenoxy) is 1. The fourth-order valence-corrected chi connectivity index (χ4v) is 5.31. The molecule has 5 unspecified atom stereocenters. The molecule has 0 saturated heterocycles. The topological polar surface area (TPSA) is 106 Å². The number of carbonyl (C=O) groups is 2. The monoisotopic (exact) mass is 493 g/mol. The van der Waals surface area contributed by atoms with Gasteiger partial charge in [0.25, 0.3) is 0 Å². The van der Waals surface area contributed by atoms with E-state index in [0.717, 1.165) is 43.2 Å². The first-order chi connectivity index (χ1) is 17.1.